The molecular formula is C30H42NO7P. The van der Waals surface area contributed by atoms with Gasteiger partial charge < -0.3 is 18.7 Å². The second-order valence-electron chi connectivity index (χ2n) is 10.8. The van der Waals surface area contributed by atoms with Crippen molar-refractivity contribution < 1.29 is 32.9 Å². The standard InChI is InChI=1S/C30H42NO7P/c1-9-11-12-13-22-17-25-27(23-16-20(5)14-15-24(23)30(7,8)37-25)26(18-22)38-39(34,29(33)35-10-2)31-21(6)28(32)36-19(3)4/h14-19,21H,9-13H2,1-8H3,(H,31,34). The van der Waals surface area contributed by atoms with Gasteiger partial charge >= 0.3 is 19.2 Å². The molecule has 1 N–H and O–H groups in total. The van der Waals surface area contributed by atoms with Crippen LogP contribution in [0.5, 0.6) is 11.5 Å². The van der Waals surface area contributed by atoms with Gasteiger partial charge in [-0.15, -0.1) is 0 Å². The van der Waals surface area contributed by atoms with E-state index in [1.807, 2.05) is 51.1 Å². The minimum Gasteiger partial charge on any atom is -0.482 e. The van der Waals surface area contributed by atoms with E-state index in [9.17, 15) is 14.2 Å². The van der Waals surface area contributed by atoms with Gasteiger partial charge in [0, 0.05) is 5.56 Å². The van der Waals surface area contributed by atoms with Crippen molar-refractivity contribution in [2.75, 3.05) is 6.61 Å². The summed E-state index contributed by atoms with van der Waals surface area (Å²) in [5.74, 6) is 0.166. The minimum absolute atomic E-state index is 0.00677. The fourth-order valence-electron chi connectivity index (χ4n) is 4.61. The molecule has 0 aliphatic carbocycles. The van der Waals surface area contributed by atoms with E-state index in [0.717, 1.165) is 47.9 Å². The van der Waals surface area contributed by atoms with E-state index in [-0.39, 0.29) is 18.5 Å². The van der Waals surface area contributed by atoms with Crippen molar-refractivity contribution in [1.82, 2.24) is 5.09 Å². The van der Waals surface area contributed by atoms with Crippen LogP contribution in [0.15, 0.2) is 30.3 Å². The Hall–Kier alpha value is -2.83. The van der Waals surface area contributed by atoms with Gasteiger partial charge in [0.05, 0.1) is 18.3 Å². The van der Waals surface area contributed by atoms with E-state index >= 15 is 0 Å². The summed E-state index contributed by atoms with van der Waals surface area (Å²) in [6.45, 7) is 14.6. The van der Waals surface area contributed by atoms with Gasteiger partial charge in [-0.1, -0.05) is 43.5 Å². The van der Waals surface area contributed by atoms with E-state index in [1.54, 1.807) is 20.8 Å². The molecule has 0 aromatic heterocycles. The van der Waals surface area contributed by atoms with Gasteiger partial charge in [0.25, 0.3) is 0 Å². The lowest BCUT2D eigenvalue weighted by atomic mass is 9.84. The summed E-state index contributed by atoms with van der Waals surface area (Å²) in [5, 5.41) is 2.61. The molecule has 1 heterocycles. The number of unbranched alkanes of at least 4 members (excludes halogenated alkanes) is 2. The number of carbonyl (C=O) groups excluding carboxylic acids is 2. The van der Waals surface area contributed by atoms with Gasteiger partial charge in [-0.3, -0.25) is 4.79 Å². The summed E-state index contributed by atoms with van der Waals surface area (Å²) in [6.07, 6.45) is 3.46. The Bertz CT molecular complexity index is 1250. The lowest BCUT2D eigenvalue weighted by molar-refractivity contribution is -0.149. The minimum atomic E-state index is -4.42. The predicted molar refractivity (Wildman–Crippen MR) is 153 cm³/mol. The van der Waals surface area contributed by atoms with Gasteiger partial charge in [0.1, 0.15) is 23.1 Å². The SMILES string of the molecule is CCCCCc1cc2c(c(OP(=O)(NC(C)C(=O)OC(C)C)C(=O)OCC)c1)-c1cc(C)ccc1C(C)(C)O2. The molecule has 214 valence electrons. The molecule has 2 aromatic rings. The molecule has 0 amide bonds. The molecule has 39 heavy (non-hydrogen) atoms. The number of hydrogen-bond donors (Lipinski definition) is 1. The third-order valence-electron chi connectivity index (χ3n) is 6.46. The summed E-state index contributed by atoms with van der Waals surface area (Å²) in [7, 11) is -4.42. The maximum Gasteiger partial charge on any atom is 0.424 e. The Morgan fingerprint density at radius 1 is 1.08 bits per heavy atom. The number of ether oxygens (including phenoxy) is 3. The molecule has 0 spiro atoms. The van der Waals surface area contributed by atoms with Crippen molar-refractivity contribution >= 4 is 19.2 Å². The lowest BCUT2D eigenvalue weighted by Gasteiger charge is -2.36. The quantitative estimate of drug-likeness (QED) is 0.161. The molecule has 2 unspecified atom stereocenters. The largest absolute Gasteiger partial charge is 0.482 e. The normalized spacial score (nSPS) is 15.8. The predicted octanol–water partition coefficient (Wildman–Crippen LogP) is 7.68. The molecule has 2 atom stereocenters. The fraction of sp³-hybridized carbons (Fsp3) is 0.533. The number of fused-ring (bicyclic) bond motifs is 3. The van der Waals surface area contributed by atoms with Crippen molar-refractivity contribution in [3.63, 3.8) is 0 Å². The number of nitrogens with one attached hydrogen (secondary N) is 1. The van der Waals surface area contributed by atoms with E-state index in [0.29, 0.717) is 11.3 Å². The molecule has 0 saturated carbocycles. The lowest BCUT2D eigenvalue weighted by Crippen LogP contribution is -2.37. The zero-order valence-electron chi connectivity index (χ0n) is 24.4. The average molecular weight is 560 g/mol. The summed E-state index contributed by atoms with van der Waals surface area (Å²) in [5.41, 5.74) is 2.71. The van der Waals surface area contributed by atoms with E-state index < -0.39 is 30.8 Å². The number of rotatable bonds is 12. The van der Waals surface area contributed by atoms with Crippen molar-refractivity contribution in [3.8, 4) is 22.6 Å². The topological polar surface area (TPSA) is 100 Å². The van der Waals surface area contributed by atoms with E-state index in [4.69, 9.17) is 18.7 Å². The molecular weight excluding hydrogens is 517 g/mol. The van der Waals surface area contributed by atoms with Crippen LogP contribution < -0.4 is 14.3 Å². The monoisotopic (exact) mass is 559 g/mol. The highest BCUT2D eigenvalue weighted by Crippen LogP contribution is 2.55. The van der Waals surface area contributed by atoms with Crippen LogP contribution in [0.2, 0.25) is 0 Å². The Kier molecular flexibility index (Phi) is 9.89. The molecule has 1 aliphatic heterocycles. The van der Waals surface area contributed by atoms with Crippen LogP contribution in [0.3, 0.4) is 0 Å². The third-order valence-corrected chi connectivity index (χ3v) is 8.25. The van der Waals surface area contributed by atoms with E-state index in [2.05, 4.69) is 12.0 Å². The number of esters is 1. The maximum absolute atomic E-state index is 14.2. The first-order valence-electron chi connectivity index (χ1n) is 13.7. The number of benzene rings is 2. The van der Waals surface area contributed by atoms with Gasteiger partial charge in [-0.2, -0.15) is 0 Å². The summed E-state index contributed by atoms with van der Waals surface area (Å²) in [6, 6.07) is 8.79. The van der Waals surface area contributed by atoms with Crippen LogP contribution in [0, 0.1) is 6.92 Å². The zero-order valence-corrected chi connectivity index (χ0v) is 25.3. The highest BCUT2D eigenvalue weighted by atomic mass is 31.2. The van der Waals surface area contributed by atoms with Crippen molar-refractivity contribution in [2.24, 2.45) is 0 Å². The van der Waals surface area contributed by atoms with Gasteiger partial charge in [0.2, 0.25) is 0 Å². The first-order valence-corrected chi connectivity index (χ1v) is 15.4. The maximum atomic E-state index is 14.2. The second kappa shape index (κ2) is 12.6. The van der Waals surface area contributed by atoms with E-state index in [1.165, 1.54) is 6.92 Å². The Labute approximate surface area is 232 Å². The molecule has 3 rings (SSSR count). The summed E-state index contributed by atoms with van der Waals surface area (Å²) in [4.78, 5) is 25.6. The van der Waals surface area contributed by atoms with Gasteiger partial charge in [-0.25, -0.2) is 14.4 Å². The van der Waals surface area contributed by atoms with Crippen LogP contribution in [0.1, 0.15) is 84.4 Å². The Morgan fingerprint density at radius 3 is 2.44 bits per heavy atom. The van der Waals surface area contributed by atoms with Crippen LogP contribution in [-0.4, -0.2) is 30.4 Å². The molecule has 8 nitrogen and oxygen atoms in total. The number of hydrogen-bond acceptors (Lipinski definition) is 7. The molecule has 0 radical (unpaired) electrons. The molecule has 2 aromatic carbocycles. The summed E-state index contributed by atoms with van der Waals surface area (Å²) < 4.78 is 37.2. The average Bonchev–Trinajstić information content (AvgIpc) is 2.83. The molecule has 9 heteroatoms. The second-order valence-corrected chi connectivity index (χ2v) is 12.7. The third kappa shape index (κ3) is 7.23. The van der Waals surface area contributed by atoms with Gasteiger partial charge in [0.15, 0.2) is 0 Å². The van der Waals surface area contributed by atoms with Gasteiger partial charge in [-0.05, 0) is 84.6 Å². The highest BCUT2D eigenvalue weighted by molar-refractivity contribution is 7.74. The molecule has 0 saturated heterocycles. The number of aryl methyl sites for hydroxylation is 2. The molecule has 1 aliphatic rings. The first-order chi connectivity index (χ1) is 18.3. The Balaban J connectivity index is 2.16. The zero-order chi connectivity index (χ0) is 29.0. The Morgan fingerprint density at radius 2 is 1.79 bits per heavy atom. The number of carbonyl (C=O) groups is 2. The van der Waals surface area contributed by atoms with Crippen LogP contribution in [0.4, 0.5) is 4.79 Å². The molecule has 0 fully saturated rings. The van der Waals surface area contributed by atoms with Crippen molar-refractivity contribution in [3.05, 3.63) is 47.0 Å². The van der Waals surface area contributed by atoms with Crippen molar-refractivity contribution in [1.29, 1.82) is 0 Å². The first kappa shape index (κ1) is 30.7. The van der Waals surface area contributed by atoms with Crippen molar-refractivity contribution in [2.45, 2.75) is 98.8 Å². The summed E-state index contributed by atoms with van der Waals surface area (Å²) >= 11 is 0. The van der Waals surface area contributed by atoms with Crippen LogP contribution in [-0.2, 0) is 30.9 Å². The fourth-order valence-corrected chi connectivity index (χ4v) is 6.18. The van der Waals surface area contributed by atoms with Crippen LogP contribution >= 0.6 is 7.52 Å². The highest BCUT2D eigenvalue weighted by Gasteiger charge is 2.42. The smallest absolute Gasteiger partial charge is 0.424 e. The van der Waals surface area contributed by atoms with Crippen LogP contribution in [0.25, 0.3) is 11.1 Å². The molecule has 0 bridgehead atoms.